The van der Waals surface area contributed by atoms with Gasteiger partial charge in [0.2, 0.25) is 0 Å². The van der Waals surface area contributed by atoms with Crippen molar-refractivity contribution in [1.82, 2.24) is 14.5 Å². The third kappa shape index (κ3) is 2.00. The summed E-state index contributed by atoms with van der Waals surface area (Å²) in [4.78, 5) is 8.61. The van der Waals surface area contributed by atoms with E-state index in [9.17, 15) is 8.78 Å². The standard InChI is InChI=1S/C14H14F2N3/c15-12-5-4-11(10-13(12)16)19(8-1-2-9-19)14-17-6-3-7-18-14/h3-7,10H,1-2,8-9H2/q+1. The predicted octanol–water partition coefficient (Wildman–Crippen LogP) is 3.19. The van der Waals surface area contributed by atoms with E-state index in [1.54, 1.807) is 24.5 Å². The molecule has 0 radical (unpaired) electrons. The van der Waals surface area contributed by atoms with Gasteiger partial charge in [0, 0.05) is 37.4 Å². The molecule has 98 valence electrons. The van der Waals surface area contributed by atoms with Crippen LogP contribution in [0.5, 0.6) is 0 Å². The molecule has 3 nitrogen and oxygen atoms in total. The van der Waals surface area contributed by atoms with Crippen LogP contribution in [0.25, 0.3) is 0 Å². The van der Waals surface area contributed by atoms with E-state index in [0.717, 1.165) is 25.9 Å². The Hall–Kier alpha value is -1.88. The lowest BCUT2D eigenvalue weighted by atomic mass is 10.2. The van der Waals surface area contributed by atoms with Crippen molar-refractivity contribution < 1.29 is 8.78 Å². The van der Waals surface area contributed by atoms with E-state index in [4.69, 9.17) is 0 Å². The molecular formula is C14H14F2N3+. The van der Waals surface area contributed by atoms with E-state index in [1.807, 2.05) is 0 Å². The SMILES string of the molecule is Fc1ccc([N+]2(c3ncccn3)CCCC2)cc1F. The second-order valence-electron chi connectivity index (χ2n) is 4.77. The molecule has 2 aromatic rings. The van der Waals surface area contributed by atoms with Gasteiger partial charge < -0.3 is 0 Å². The molecule has 0 saturated carbocycles. The monoisotopic (exact) mass is 262 g/mol. The maximum atomic E-state index is 13.5. The third-order valence-electron chi connectivity index (χ3n) is 3.66. The van der Waals surface area contributed by atoms with Crippen LogP contribution in [0, 0.1) is 11.6 Å². The van der Waals surface area contributed by atoms with Crippen molar-refractivity contribution in [2.24, 2.45) is 0 Å². The summed E-state index contributed by atoms with van der Waals surface area (Å²) in [5.74, 6) is -1.00. The lowest BCUT2D eigenvalue weighted by Gasteiger charge is -2.30. The van der Waals surface area contributed by atoms with Crippen molar-refractivity contribution in [3.63, 3.8) is 0 Å². The van der Waals surface area contributed by atoms with E-state index in [1.165, 1.54) is 12.1 Å². The number of benzene rings is 1. The Balaban J connectivity index is 2.13. The number of hydrogen-bond acceptors (Lipinski definition) is 2. The van der Waals surface area contributed by atoms with Crippen molar-refractivity contribution in [3.05, 3.63) is 48.3 Å². The average molecular weight is 262 g/mol. The highest BCUT2D eigenvalue weighted by atomic mass is 19.2. The number of quaternary nitrogens is 1. The van der Waals surface area contributed by atoms with Crippen LogP contribution < -0.4 is 4.48 Å². The summed E-state index contributed by atoms with van der Waals surface area (Å²) in [6.45, 7) is 1.63. The molecule has 5 heteroatoms. The molecule has 0 atom stereocenters. The zero-order chi connectivity index (χ0) is 13.3. The number of aromatic nitrogens is 2. The molecule has 19 heavy (non-hydrogen) atoms. The first-order chi connectivity index (χ1) is 9.22. The van der Waals surface area contributed by atoms with Gasteiger partial charge in [-0.2, -0.15) is 9.97 Å². The van der Waals surface area contributed by atoms with Crippen LogP contribution >= 0.6 is 0 Å². The third-order valence-corrected chi connectivity index (χ3v) is 3.66. The molecule has 1 aliphatic heterocycles. The van der Waals surface area contributed by atoms with Crippen molar-refractivity contribution >= 4 is 11.6 Å². The Morgan fingerprint density at radius 1 is 0.947 bits per heavy atom. The zero-order valence-electron chi connectivity index (χ0n) is 10.4. The fourth-order valence-corrected chi connectivity index (χ4v) is 2.71. The van der Waals surface area contributed by atoms with Gasteiger partial charge in [0.15, 0.2) is 11.6 Å². The van der Waals surface area contributed by atoms with Gasteiger partial charge in [-0.25, -0.2) is 13.3 Å². The van der Waals surface area contributed by atoms with E-state index in [2.05, 4.69) is 9.97 Å². The van der Waals surface area contributed by atoms with Crippen LogP contribution in [0.3, 0.4) is 0 Å². The summed E-state index contributed by atoms with van der Waals surface area (Å²) in [5.41, 5.74) is 0.711. The number of nitrogens with zero attached hydrogens (tertiary/aromatic N) is 3. The number of rotatable bonds is 2. The predicted molar refractivity (Wildman–Crippen MR) is 68.8 cm³/mol. The summed E-state index contributed by atoms with van der Waals surface area (Å²) in [6, 6.07) is 5.81. The van der Waals surface area contributed by atoms with Gasteiger partial charge >= 0.3 is 5.95 Å². The Morgan fingerprint density at radius 3 is 2.26 bits per heavy atom. The Labute approximate surface area is 110 Å². The minimum atomic E-state index is -0.824. The number of halogens is 2. The van der Waals surface area contributed by atoms with Gasteiger partial charge in [0.25, 0.3) is 0 Å². The molecule has 0 spiro atoms. The van der Waals surface area contributed by atoms with Crippen LogP contribution in [0.1, 0.15) is 12.8 Å². The lowest BCUT2D eigenvalue weighted by molar-refractivity contribution is 0.434. The van der Waals surface area contributed by atoms with Gasteiger partial charge in [0.1, 0.15) is 5.69 Å². The highest BCUT2D eigenvalue weighted by Crippen LogP contribution is 2.36. The normalized spacial score (nSPS) is 17.6. The first kappa shape index (κ1) is 12.2. The lowest BCUT2D eigenvalue weighted by Crippen LogP contribution is -2.42. The summed E-state index contributed by atoms with van der Waals surface area (Å²) in [5, 5.41) is 0. The van der Waals surface area contributed by atoms with Gasteiger partial charge in [0.05, 0.1) is 13.1 Å². The molecule has 1 saturated heterocycles. The summed E-state index contributed by atoms with van der Waals surface area (Å²) in [7, 11) is 0. The summed E-state index contributed by atoms with van der Waals surface area (Å²) in [6.07, 6.45) is 5.41. The fourth-order valence-electron chi connectivity index (χ4n) is 2.71. The molecule has 0 unspecified atom stereocenters. The number of hydrogen-bond donors (Lipinski definition) is 0. The van der Waals surface area contributed by atoms with Crippen LogP contribution in [0.15, 0.2) is 36.7 Å². The van der Waals surface area contributed by atoms with E-state index >= 15 is 0 Å². The maximum absolute atomic E-state index is 13.5. The van der Waals surface area contributed by atoms with Crippen molar-refractivity contribution in [1.29, 1.82) is 0 Å². The molecule has 0 amide bonds. The second kappa shape index (κ2) is 4.66. The van der Waals surface area contributed by atoms with Crippen LogP contribution in [0.4, 0.5) is 20.4 Å². The van der Waals surface area contributed by atoms with E-state index in [-0.39, 0.29) is 0 Å². The molecule has 0 N–H and O–H groups in total. The van der Waals surface area contributed by atoms with E-state index in [0.29, 0.717) is 16.1 Å². The molecule has 1 fully saturated rings. The van der Waals surface area contributed by atoms with E-state index < -0.39 is 11.6 Å². The maximum Gasteiger partial charge on any atom is 0.334 e. The molecule has 1 aromatic heterocycles. The molecule has 1 aliphatic rings. The average Bonchev–Trinajstić information content (AvgIpc) is 2.93. The second-order valence-corrected chi connectivity index (χ2v) is 4.77. The summed E-state index contributed by atoms with van der Waals surface area (Å²) >= 11 is 0. The largest absolute Gasteiger partial charge is 0.334 e. The van der Waals surface area contributed by atoms with Crippen LogP contribution in [-0.4, -0.2) is 23.1 Å². The molecular weight excluding hydrogens is 248 g/mol. The molecule has 0 aliphatic carbocycles. The van der Waals surface area contributed by atoms with Gasteiger partial charge in [-0.3, -0.25) is 0 Å². The van der Waals surface area contributed by atoms with Gasteiger partial charge in [-0.1, -0.05) is 0 Å². The zero-order valence-corrected chi connectivity index (χ0v) is 10.4. The molecule has 0 bridgehead atoms. The molecule has 2 heterocycles. The van der Waals surface area contributed by atoms with Crippen LogP contribution in [-0.2, 0) is 0 Å². The quantitative estimate of drug-likeness (QED) is 0.777. The van der Waals surface area contributed by atoms with Crippen LogP contribution in [0.2, 0.25) is 0 Å². The van der Waals surface area contributed by atoms with Crippen molar-refractivity contribution in [3.8, 4) is 0 Å². The van der Waals surface area contributed by atoms with Gasteiger partial charge in [-0.15, -0.1) is 0 Å². The smallest absolute Gasteiger partial charge is 0.225 e. The van der Waals surface area contributed by atoms with Crippen molar-refractivity contribution in [2.75, 3.05) is 13.1 Å². The minimum Gasteiger partial charge on any atom is -0.225 e. The highest BCUT2D eigenvalue weighted by Gasteiger charge is 2.40. The first-order valence-electron chi connectivity index (χ1n) is 6.33. The topological polar surface area (TPSA) is 25.8 Å². The summed E-state index contributed by atoms with van der Waals surface area (Å²) < 4.78 is 27.0. The Bertz CT molecular complexity index is 580. The minimum absolute atomic E-state index is 0.401. The molecule has 1 aromatic carbocycles. The highest BCUT2D eigenvalue weighted by molar-refractivity contribution is 5.53. The first-order valence-corrected chi connectivity index (χ1v) is 6.33. The van der Waals surface area contributed by atoms with Crippen molar-refractivity contribution in [2.45, 2.75) is 12.8 Å². The van der Waals surface area contributed by atoms with Gasteiger partial charge in [-0.05, 0) is 12.1 Å². The fraction of sp³-hybridized carbons (Fsp3) is 0.286. The Kier molecular flexibility index (Phi) is 2.98. The Morgan fingerprint density at radius 2 is 1.63 bits per heavy atom. The molecule has 3 rings (SSSR count).